The molecule has 0 spiro atoms. The summed E-state index contributed by atoms with van der Waals surface area (Å²) in [5, 5.41) is 3.39. The van der Waals surface area contributed by atoms with Gasteiger partial charge in [-0.2, -0.15) is 0 Å². The summed E-state index contributed by atoms with van der Waals surface area (Å²) in [6, 6.07) is 13.1. The lowest BCUT2D eigenvalue weighted by molar-refractivity contribution is 0.188. The van der Waals surface area contributed by atoms with Crippen LogP contribution in [0.15, 0.2) is 48.8 Å². The first kappa shape index (κ1) is 16.0. The van der Waals surface area contributed by atoms with E-state index in [1.807, 2.05) is 12.1 Å². The number of likely N-dealkylation sites (tertiary alicyclic amines) is 1. The van der Waals surface area contributed by atoms with Crippen molar-refractivity contribution < 1.29 is 4.74 Å². The van der Waals surface area contributed by atoms with Gasteiger partial charge in [0.05, 0.1) is 0 Å². The zero-order chi connectivity index (χ0) is 15.9. The normalized spacial score (nSPS) is 18.7. The number of nitrogens with one attached hydrogen (secondary N) is 1. The summed E-state index contributed by atoms with van der Waals surface area (Å²) in [5.74, 6) is 0.914. The molecule has 0 radical (unpaired) electrons. The Morgan fingerprint density at radius 3 is 2.65 bits per heavy atom. The number of rotatable bonds is 6. The molecule has 1 fully saturated rings. The fourth-order valence-corrected chi connectivity index (χ4v) is 3.03. The van der Waals surface area contributed by atoms with Crippen LogP contribution < -0.4 is 10.1 Å². The van der Waals surface area contributed by atoms with Gasteiger partial charge < -0.3 is 10.1 Å². The number of likely N-dealkylation sites (N-methyl/N-ethyl adjacent to an activating group) is 1. The third-order valence-electron chi connectivity index (χ3n) is 4.40. The monoisotopic (exact) mass is 311 g/mol. The third kappa shape index (κ3) is 4.78. The van der Waals surface area contributed by atoms with Gasteiger partial charge in [0.1, 0.15) is 12.4 Å². The zero-order valence-electron chi connectivity index (χ0n) is 13.7. The van der Waals surface area contributed by atoms with Crippen molar-refractivity contribution in [2.75, 3.05) is 20.1 Å². The predicted octanol–water partition coefficient (Wildman–Crippen LogP) is 2.84. The smallest absolute Gasteiger partial charge is 0.119 e. The predicted molar refractivity (Wildman–Crippen MR) is 92.4 cm³/mol. The van der Waals surface area contributed by atoms with Crippen molar-refractivity contribution in [2.24, 2.45) is 0 Å². The van der Waals surface area contributed by atoms with Crippen molar-refractivity contribution in [3.8, 4) is 5.75 Å². The highest BCUT2D eigenvalue weighted by Gasteiger charge is 2.18. The van der Waals surface area contributed by atoms with E-state index in [-0.39, 0.29) is 0 Å². The van der Waals surface area contributed by atoms with Gasteiger partial charge in [0.15, 0.2) is 0 Å². The summed E-state index contributed by atoms with van der Waals surface area (Å²) in [5.41, 5.74) is 2.48. The largest absolute Gasteiger partial charge is 0.489 e. The van der Waals surface area contributed by atoms with E-state index in [1.54, 1.807) is 12.4 Å². The average Bonchev–Trinajstić information content (AvgIpc) is 2.62. The summed E-state index contributed by atoms with van der Waals surface area (Å²) >= 11 is 0. The molecule has 122 valence electrons. The highest BCUT2D eigenvalue weighted by molar-refractivity contribution is 5.27. The molecule has 2 aromatic rings. The van der Waals surface area contributed by atoms with E-state index in [2.05, 4.69) is 46.5 Å². The van der Waals surface area contributed by atoms with Crippen LogP contribution in [0.1, 0.15) is 24.0 Å². The first-order valence-electron chi connectivity index (χ1n) is 8.34. The molecule has 0 bridgehead atoms. The second kappa shape index (κ2) is 8.09. The number of hydrogen-bond acceptors (Lipinski definition) is 4. The van der Waals surface area contributed by atoms with Crippen LogP contribution in [-0.4, -0.2) is 36.1 Å². The number of aromatic nitrogens is 1. The van der Waals surface area contributed by atoms with Crippen molar-refractivity contribution >= 4 is 0 Å². The van der Waals surface area contributed by atoms with Crippen LogP contribution in [0.25, 0.3) is 0 Å². The van der Waals surface area contributed by atoms with E-state index in [1.165, 1.54) is 24.9 Å². The van der Waals surface area contributed by atoms with Crippen LogP contribution in [0, 0.1) is 0 Å². The van der Waals surface area contributed by atoms with Gasteiger partial charge in [-0.3, -0.25) is 9.88 Å². The quantitative estimate of drug-likeness (QED) is 0.890. The molecule has 1 aliphatic rings. The second-order valence-electron chi connectivity index (χ2n) is 6.15. The Morgan fingerprint density at radius 2 is 1.91 bits per heavy atom. The maximum Gasteiger partial charge on any atom is 0.119 e. The van der Waals surface area contributed by atoms with Gasteiger partial charge in [-0.25, -0.2) is 0 Å². The van der Waals surface area contributed by atoms with Gasteiger partial charge >= 0.3 is 0 Å². The lowest BCUT2D eigenvalue weighted by Crippen LogP contribution is -2.43. The Morgan fingerprint density at radius 1 is 1.13 bits per heavy atom. The molecule has 4 heteroatoms. The minimum atomic E-state index is 0.581. The molecule has 0 aliphatic carbocycles. The fourth-order valence-electron chi connectivity index (χ4n) is 3.03. The van der Waals surface area contributed by atoms with Crippen molar-refractivity contribution in [1.82, 2.24) is 15.2 Å². The summed E-state index contributed by atoms with van der Waals surface area (Å²) < 4.78 is 5.82. The van der Waals surface area contributed by atoms with Gasteiger partial charge in [0, 0.05) is 31.5 Å². The molecule has 1 N–H and O–H groups in total. The molecule has 3 rings (SSSR count). The molecule has 1 aromatic heterocycles. The molecule has 0 amide bonds. The molecule has 1 unspecified atom stereocenters. The summed E-state index contributed by atoms with van der Waals surface area (Å²) in [6.07, 6.45) is 6.14. The SMILES string of the molecule is CNC1CCCN(Cc2ccc(OCc3ccncc3)cc2)C1. The lowest BCUT2D eigenvalue weighted by Gasteiger charge is -2.32. The van der Waals surface area contributed by atoms with E-state index in [0.29, 0.717) is 12.6 Å². The van der Waals surface area contributed by atoms with Crippen LogP contribution >= 0.6 is 0 Å². The molecule has 1 saturated heterocycles. The lowest BCUT2D eigenvalue weighted by atomic mass is 10.1. The molecule has 2 heterocycles. The maximum absolute atomic E-state index is 5.82. The first-order chi connectivity index (χ1) is 11.3. The molecule has 1 aromatic carbocycles. The number of benzene rings is 1. The molecule has 23 heavy (non-hydrogen) atoms. The van der Waals surface area contributed by atoms with Crippen molar-refractivity contribution in [1.29, 1.82) is 0 Å². The van der Waals surface area contributed by atoms with Crippen molar-refractivity contribution in [3.05, 3.63) is 59.9 Å². The average molecular weight is 311 g/mol. The summed E-state index contributed by atoms with van der Waals surface area (Å²) in [7, 11) is 2.06. The molecule has 1 atom stereocenters. The minimum absolute atomic E-state index is 0.581. The van der Waals surface area contributed by atoms with Gasteiger partial charge in [-0.1, -0.05) is 12.1 Å². The highest BCUT2D eigenvalue weighted by atomic mass is 16.5. The van der Waals surface area contributed by atoms with Crippen LogP contribution in [0.3, 0.4) is 0 Å². The maximum atomic E-state index is 5.82. The van der Waals surface area contributed by atoms with E-state index in [9.17, 15) is 0 Å². The van der Waals surface area contributed by atoms with Crippen LogP contribution in [0.5, 0.6) is 5.75 Å². The van der Waals surface area contributed by atoms with Gasteiger partial charge in [-0.15, -0.1) is 0 Å². The molecular formula is C19H25N3O. The Hall–Kier alpha value is -1.91. The summed E-state index contributed by atoms with van der Waals surface area (Å²) in [4.78, 5) is 6.54. The number of hydrogen-bond donors (Lipinski definition) is 1. The summed E-state index contributed by atoms with van der Waals surface area (Å²) in [6.45, 7) is 3.93. The van der Waals surface area contributed by atoms with E-state index in [0.717, 1.165) is 24.4 Å². The van der Waals surface area contributed by atoms with Gasteiger partial charge in [0.25, 0.3) is 0 Å². The first-order valence-corrected chi connectivity index (χ1v) is 8.34. The molecule has 1 aliphatic heterocycles. The standard InChI is InChI=1S/C19H25N3O/c1-20-18-3-2-12-22(14-18)13-16-4-6-19(7-5-16)23-15-17-8-10-21-11-9-17/h4-11,18,20H,2-3,12-15H2,1H3. The Kier molecular flexibility index (Phi) is 5.61. The van der Waals surface area contributed by atoms with E-state index >= 15 is 0 Å². The Bertz CT molecular complexity index is 585. The van der Waals surface area contributed by atoms with Crippen LogP contribution in [0.4, 0.5) is 0 Å². The Balaban J connectivity index is 1.51. The molecule has 4 nitrogen and oxygen atoms in total. The molecular weight excluding hydrogens is 286 g/mol. The van der Waals surface area contributed by atoms with E-state index < -0.39 is 0 Å². The van der Waals surface area contributed by atoms with Gasteiger partial charge in [-0.05, 0) is 61.8 Å². The Labute approximate surface area is 138 Å². The number of piperidine rings is 1. The molecule has 0 saturated carbocycles. The van der Waals surface area contributed by atoms with E-state index in [4.69, 9.17) is 4.74 Å². The zero-order valence-corrected chi connectivity index (χ0v) is 13.7. The number of ether oxygens (including phenoxy) is 1. The minimum Gasteiger partial charge on any atom is -0.489 e. The van der Waals surface area contributed by atoms with Crippen LogP contribution in [0.2, 0.25) is 0 Å². The second-order valence-corrected chi connectivity index (χ2v) is 6.15. The van der Waals surface area contributed by atoms with Crippen LogP contribution in [-0.2, 0) is 13.2 Å². The highest BCUT2D eigenvalue weighted by Crippen LogP contribution is 2.17. The van der Waals surface area contributed by atoms with Crippen molar-refractivity contribution in [2.45, 2.75) is 32.0 Å². The number of nitrogens with zero attached hydrogens (tertiary/aromatic N) is 2. The fraction of sp³-hybridized carbons (Fsp3) is 0.421. The van der Waals surface area contributed by atoms with Crippen molar-refractivity contribution in [3.63, 3.8) is 0 Å². The number of pyridine rings is 1. The topological polar surface area (TPSA) is 37.4 Å². The third-order valence-corrected chi connectivity index (χ3v) is 4.40. The van der Waals surface area contributed by atoms with Gasteiger partial charge in [0.2, 0.25) is 0 Å².